The number of hydrogen-bond donors (Lipinski definition) is 0. The lowest BCUT2D eigenvalue weighted by Gasteiger charge is -2.32. The van der Waals surface area contributed by atoms with E-state index in [1.54, 1.807) is 0 Å². The van der Waals surface area contributed by atoms with E-state index < -0.39 is 0 Å². The number of unbranched alkanes of at least 4 members (excludes halogenated alkanes) is 1. The fourth-order valence-electron chi connectivity index (χ4n) is 3.56. The molecule has 0 spiro atoms. The van der Waals surface area contributed by atoms with Crippen LogP contribution in [0.3, 0.4) is 0 Å². The van der Waals surface area contributed by atoms with Gasteiger partial charge in [-0.2, -0.15) is 0 Å². The molecule has 0 radical (unpaired) electrons. The maximum absolute atomic E-state index is 13.3. The predicted molar refractivity (Wildman–Crippen MR) is 114 cm³/mol. The van der Waals surface area contributed by atoms with Crippen LogP contribution >= 0.6 is 0 Å². The number of rotatable bonds is 11. The summed E-state index contributed by atoms with van der Waals surface area (Å²) in [4.78, 5) is 15.4. The lowest BCUT2D eigenvalue weighted by atomic mass is 9.96. The van der Waals surface area contributed by atoms with Crippen molar-refractivity contribution in [3.05, 3.63) is 59.9 Å². The van der Waals surface area contributed by atoms with Gasteiger partial charge in [0.2, 0.25) is 5.91 Å². The highest BCUT2D eigenvalue weighted by molar-refractivity contribution is 5.79. The SMILES string of the molecule is CCCC[C@H](CC)C(=O)N(Cc1cccn1Cc1ccccc1)[C@H](C)CC. The monoisotopic (exact) mass is 368 g/mol. The van der Waals surface area contributed by atoms with Gasteiger partial charge in [-0.1, -0.05) is 63.9 Å². The number of amides is 1. The Labute approximate surface area is 165 Å². The molecule has 0 fully saturated rings. The summed E-state index contributed by atoms with van der Waals surface area (Å²) in [5.74, 6) is 0.476. The van der Waals surface area contributed by atoms with Gasteiger partial charge in [-0.05, 0) is 43.9 Å². The average molecular weight is 369 g/mol. The number of aromatic nitrogens is 1. The van der Waals surface area contributed by atoms with Crippen molar-refractivity contribution in [1.82, 2.24) is 9.47 Å². The summed E-state index contributed by atoms with van der Waals surface area (Å²) in [7, 11) is 0. The van der Waals surface area contributed by atoms with Gasteiger partial charge in [0.25, 0.3) is 0 Å². The number of hydrogen-bond acceptors (Lipinski definition) is 1. The molecule has 1 aromatic heterocycles. The highest BCUT2D eigenvalue weighted by Crippen LogP contribution is 2.21. The Balaban J connectivity index is 2.17. The molecule has 3 heteroatoms. The van der Waals surface area contributed by atoms with E-state index in [1.165, 1.54) is 11.3 Å². The fourth-order valence-corrected chi connectivity index (χ4v) is 3.56. The zero-order valence-corrected chi connectivity index (χ0v) is 17.5. The molecule has 2 atom stereocenters. The Hall–Kier alpha value is -2.03. The van der Waals surface area contributed by atoms with E-state index >= 15 is 0 Å². The van der Waals surface area contributed by atoms with Crippen LogP contribution in [0, 0.1) is 5.92 Å². The molecule has 0 saturated carbocycles. The van der Waals surface area contributed by atoms with Crippen molar-refractivity contribution in [2.24, 2.45) is 5.92 Å². The summed E-state index contributed by atoms with van der Waals surface area (Å²) >= 11 is 0. The van der Waals surface area contributed by atoms with Gasteiger partial charge in [0.05, 0.1) is 6.54 Å². The third kappa shape index (κ3) is 5.98. The first kappa shape index (κ1) is 21.3. The molecule has 2 aromatic rings. The number of carbonyl (C=O) groups is 1. The molecule has 0 N–H and O–H groups in total. The van der Waals surface area contributed by atoms with Gasteiger partial charge in [0, 0.05) is 30.4 Å². The smallest absolute Gasteiger partial charge is 0.226 e. The van der Waals surface area contributed by atoms with E-state index in [1.807, 2.05) is 6.07 Å². The van der Waals surface area contributed by atoms with Gasteiger partial charge in [-0.25, -0.2) is 0 Å². The molecule has 0 saturated heterocycles. The first-order valence-electron chi connectivity index (χ1n) is 10.6. The number of nitrogens with zero attached hydrogens (tertiary/aromatic N) is 2. The van der Waals surface area contributed by atoms with Crippen LogP contribution in [-0.4, -0.2) is 21.4 Å². The van der Waals surface area contributed by atoms with E-state index in [0.29, 0.717) is 12.5 Å². The van der Waals surface area contributed by atoms with Crippen LogP contribution in [0.1, 0.15) is 71.1 Å². The lowest BCUT2D eigenvalue weighted by molar-refractivity contribution is -0.139. The molecule has 0 aliphatic carbocycles. The van der Waals surface area contributed by atoms with Gasteiger partial charge >= 0.3 is 0 Å². The second-order valence-corrected chi connectivity index (χ2v) is 7.58. The first-order valence-corrected chi connectivity index (χ1v) is 10.6. The van der Waals surface area contributed by atoms with Gasteiger partial charge in [-0.3, -0.25) is 4.79 Å². The summed E-state index contributed by atoms with van der Waals surface area (Å²) in [5, 5.41) is 0. The van der Waals surface area contributed by atoms with Crippen LogP contribution in [-0.2, 0) is 17.9 Å². The molecule has 1 amide bonds. The van der Waals surface area contributed by atoms with Gasteiger partial charge in [-0.15, -0.1) is 0 Å². The summed E-state index contributed by atoms with van der Waals surface area (Å²) < 4.78 is 2.27. The zero-order chi connectivity index (χ0) is 19.6. The molecule has 2 rings (SSSR count). The molecule has 0 aliphatic rings. The van der Waals surface area contributed by atoms with Crippen LogP contribution in [0.2, 0.25) is 0 Å². The highest BCUT2D eigenvalue weighted by atomic mass is 16.2. The molecule has 1 heterocycles. The van der Waals surface area contributed by atoms with Crippen molar-refractivity contribution in [3.8, 4) is 0 Å². The average Bonchev–Trinajstić information content (AvgIpc) is 3.13. The maximum Gasteiger partial charge on any atom is 0.226 e. The van der Waals surface area contributed by atoms with E-state index in [-0.39, 0.29) is 12.0 Å². The second-order valence-electron chi connectivity index (χ2n) is 7.58. The first-order chi connectivity index (χ1) is 13.1. The summed E-state index contributed by atoms with van der Waals surface area (Å²) in [5.41, 5.74) is 2.49. The van der Waals surface area contributed by atoms with E-state index in [4.69, 9.17) is 0 Å². The molecule has 3 nitrogen and oxygen atoms in total. The van der Waals surface area contributed by atoms with Crippen molar-refractivity contribution in [1.29, 1.82) is 0 Å². The Morgan fingerprint density at radius 3 is 2.41 bits per heavy atom. The van der Waals surface area contributed by atoms with E-state index in [2.05, 4.69) is 79.8 Å². The van der Waals surface area contributed by atoms with Crippen molar-refractivity contribution >= 4 is 5.91 Å². The third-order valence-corrected chi connectivity index (χ3v) is 5.61. The van der Waals surface area contributed by atoms with Gasteiger partial charge in [0.1, 0.15) is 0 Å². The minimum absolute atomic E-state index is 0.150. The Morgan fingerprint density at radius 2 is 1.78 bits per heavy atom. The minimum atomic E-state index is 0.150. The Kier molecular flexibility index (Phi) is 8.63. The zero-order valence-electron chi connectivity index (χ0n) is 17.5. The fraction of sp³-hybridized carbons (Fsp3) is 0.542. The van der Waals surface area contributed by atoms with Crippen molar-refractivity contribution < 1.29 is 4.79 Å². The normalized spacial score (nSPS) is 13.3. The molecular weight excluding hydrogens is 332 g/mol. The molecule has 148 valence electrons. The minimum Gasteiger partial charge on any atom is -0.345 e. The van der Waals surface area contributed by atoms with Crippen LogP contribution in [0.5, 0.6) is 0 Å². The molecule has 0 bridgehead atoms. The molecule has 0 aliphatic heterocycles. The molecule has 27 heavy (non-hydrogen) atoms. The standard InChI is InChI=1S/C24H36N2O/c1-5-8-15-22(7-3)24(27)26(20(4)6-2)19-23-16-12-17-25(23)18-21-13-10-9-11-14-21/h9-14,16-17,20,22H,5-8,15,18-19H2,1-4H3/t20-,22+/m1/s1. The van der Waals surface area contributed by atoms with Crippen molar-refractivity contribution in [2.45, 2.75) is 78.9 Å². The molecular formula is C24H36N2O. The second kappa shape index (κ2) is 11.0. The highest BCUT2D eigenvalue weighted by Gasteiger charge is 2.26. The Morgan fingerprint density at radius 1 is 1.04 bits per heavy atom. The van der Waals surface area contributed by atoms with Crippen LogP contribution in [0.15, 0.2) is 48.7 Å². The lowest BCUT2D eigenvalue weighted by Crippen LogP contribution is -2.41. The van der Waals surface area contributed by atoms with Crippen molar-refractivity contribution in [3.63, 3.8) is 0 Å². The third-order valence-electron chi connectivity index (χ3n) is 5.61. The van der Waals surface area contributed by atoms with Crippen LogP contribution in [0.4, 0.5) is 0 Å². The molecule has 0 unspecified atom stereocenters. The predicted octanol–water partition coefficient (Wildman–Crippen LogP) is 5.88. The van der Waals surface area contributed by atoms with Crippen molar-refractivity contribution in [2.75, 3.05) is 0 Å². The van der Waals surface area contributed by atoms with E-state index in [9.17, 15) is 4.79 Å². The summed E-state index contributed by atoms with van der Waals surface area (Å²) in [6.07, 6.45) is 7.31. The number of benzene rings is 1. The van der Waals surface area contributed by atoms with Gasteiger partial charge < -0.3 is 9.47 Å². The van der Waals surface area contributed by atoms with Gasteiger partial charge in [0.15, 0.2) is 0 Å². The summed E-state index contributed by atoms with van der Waals surface area (Å²) in [6, 6.07) is 15.0. The number of carbonyl (C=O) groups excluding carboxylic acids is 1. The quantitative estimate of drug-likeness (QED) is 0.486. The topological polar surface area (TPSA) is 25.2 Å². The van der Waals surface area contributed by atoms with Crippen LogP contribution in [0.25, 0.3) is 0 Å². The Bertz CT molecular complexity index is 677. The molecule has 1 aromatic carbocycles. The summed E-state index contributed by atoms with van der Waals surface area (Å²) in [6.45, 7) is 10.2. The van der Waals surface area contributed by atoms with E-state index in [0.717, 1.165) is 38.6 Å². The van der Waals surface area contributed by atoms with Crippen LogP contribution < -0.4 is 0 Å². The maximum atomic E-state index is 13.3. The largest absolute Gasteiger partial charge is 0.345 e.